The summed E-state index contributed by atoms with van der Waals surface area (Å²) in [6.07, 6.45) is 2.50. The van der Waals surface area contributed by atoms with Gasteiger partial charge in [0.2, 0.25) is 0 Å². The van der Waals surface area contributed by atoms with E-state index in [0.29, 0.717) is 29.0 Å². The van der Waals surface area contributed by atoms with Crippen LogP contribution < -0.4 is 16.0 Å². The normalized spacial score (nSPS) is 10.9. The Balaban J connectivity index is 0.00000484. The molecule has 1 aromatic rings. The molecule has 0 aliphatic rings. The molecule has 0 atom stereocenters. The lowest BCUT2D eigenvalue weighted by atomic mass is 10.4. The van der Waals surface area contributed by atoms with Gasteiger partial charge in [-0.25, -0.2) is 4.98 Å². The minimum atomic E-state index is 0. The number of hydrogen-bond donors (Lipinski definition) is 3. The first kappa shape index (κ1) is 22.5. The van der Waals surface area contributed by atoms with Crippen LogP contribution in [0.2, 0.25) is 10.0 Å². The van der Waals surface area contributed by atoms with E-state index < -0.39 is 0 Å². The van der Waals surface area contributed by atoms with Crippen molar-refractivity contribution in [3.05, 3.63) is 22.3 Å². The average Bonchev–Trinajstić information content (AvgIpc) is 2.51. The second kappa shape index (κ2) is 13.9. The van der Waals surface area contributed by atoms with Crippen molar-refractivity contribution in [3.63, 3.8) is 0 Å². The monoisotopic (exact) mass is 475 g/mol. The highest BCUT2D eigenvalue weighted by Crippen LogP contribution is 2.21. The van der Waals surface area contributed by atoms with Crippen LogP contribution in [0, 0.1) is 0 Å². The Labute approximate surface area is 164 Å². The highest BCUT2D eigenvalue weighted by Gasteiger charge is 2.02. The van der Waals surface area contributed by atoms with E-state index in [1.165, 1.54) is 0 Å². The Hall–Kier alpha value is -0.510. The molecule has 1 rings (SSSR count). The molecule has 23 heavy (non-hydrogen) atoms. The lowest BCUT2D eigenvalue weighted by Gasteiger charge is -2.13. The number of hydrogen-bond acceptors (Lipinski definition) is 4. The highest BCUT2D eigenvalue weighted by atomic mass is 127. The molecule has 9 heteroatoms. The third kappa shape index (κ3) is 10.1. The molecule has 0 radical (unpaired) electrons. The smallest absolute Gasteiger partial charge is 0.191 e. The van der Waals surface area contributed by atoms with Crippen LogP contribution in [0.3, 0.4) is 0 Å². The van der Waals surface area contributed by atoms with Crippen molar-refractivity contribution >= 4 is 59.0 Å². The molecule has 1 aromatic heterocycles. The molecular weight excluding hydrogens is 452 g/mol. The zero-order valence-corrected chi connectivity index (χ0v) is 17.2. The van der Waals surface area contributed by atoms with Gasteiger partial charge in [0.15, 0.2) is 5.96 Å². The van der Waals surface area contributed by atoms with Crippen molar-refractivity contribution in [2.24, 2.45) is 4.99 Å². The Bertz CT molecular complexity index is 476. The summed E-state index contributed by atoms with van der Waals surface area (Å²) in [5.41, 5.74) is 0. The van der Waals surface area contributed by atoms with Crippen LogP contribution >= 0.6 is 47.2 Å². The second-order valence-electron chi connectivity index (χ2n) is 4.39. The fourth-order valence-corrected chi connectivity index (χ4v) is 2.10. The van der Waals surface area contributed by atoms with Crippen molar-refractivity contribution in [2.45, 2.75) is 13.3 Å². The van der Waals surface area contributed by atoms with Crippen molar-refractivity contribution in [1.82, 2.24) is 15.6 Å². The molecule has 0 bridgehead atoms. The molecule has 0 fully saturated rings. The number of pyridine rings is 1. The van der Waals surface area contributed by atoms with Gasteiger partial charge in [-0.2, -0.15) is 0 Å². The summed E-state index contributed by atoms with van der Waals surface area (Å²) in [5.74, 6) is 1.38. The van der Waals surface area contributed by atoms with E-state index in [-0.39, 0.29) is 24.0 Å². The summed E-state index contributed by atoms with van der Waals surface area (Å²) in [7, 11) is 1.74. The van der Waals surface area contributed by atoms with Crippen molar-refractivity contribution in [3.8, 4) is 0 Å². The fourth-order valence-electron chi connectivity index (χ4n) is 1.65. The molecule has 0 spiro atoms. The molecule has 0 saturated carbocycles. The van der Waals surface area contributed by atoms with Crippen LogP contribution in [0.4, 0.5) is 5.82 Å². The fraction of sp³-hybridized carbons (Fsp3) is 0.571. The van der Waals surface area contributed by atoms with Crippen LogP contribution in [0.25, 0.3) is 0 Å². The average molecular weight is 476 g/mol. The van der Waals surface area contributed by atoms with Crippen molar-refractivity contribution in [1.29, 1.82) is 0 Å². The maximum absolute atomic E-state index is 6.03. The van der Waals surface area contributed by atoms with E-state index in [2.05, 4.69) is 25.9 Å². The van der Waals surface area contributed by atoms with E-state index in [9.17, 15) is 0 Å². The highest BCUT2D eigenvalue weighted by molar-refractivity contribution is 14.0. The number of nitrogens with one attached hydrogen (secondary N) is 3. The van der Waals surface area contributed by atoms with Gasteiger partial charge < -0.3 is 20.7 Å². The lowest BCUT2D eigenvalue weighted by molar-refractivity contribution is 0.145. The number of anilines is 1. The largest absolute Gasteiger partial charge is 0.382 e. The van der Waals surface area contributed by atoms with Crippen molar-refractivity contribution < 1.29 is 4.74 Å². The second-order valence-corrected chi connectivity index (χ2v) is 5.23. The minimum Gasteiger partial charge on any atom is -0.382 e. The van der Waals surface area contributed by atoms with E-state index in [1.54, 1.807) is 19.3 Å². The Kier molecular flexibility index (Phi) is 13.6. The number of aliphatic imine (C=N–C) groups is 1. The van der Waals surface area contributed by atoms with Crippen LogP contribution in [-0.2, 0) is 4.74 Å². The van der Waals surface area contributed by atoms with Crippen LogP contribution in [0.1, 0.15) is 13.3 Å². The number of ether oxygens (including phenoxy) is 1. The van der Waals surface area contributed by atoms with Crippen molar-refractivity contribution in [2.75, 3.05) is 45.2 Å². The number of rotatable bonds is 9. The van der Waals surface area contributed by atoms with Gasteiger partial charge >= 0.3 is 0 Å². The first-order valence-corrected chi connectivity index (χ1v) is 8.00. The maximum Gasteiger partial charge on any atom is 0.191 e. The number of aromatic nitrogens is 1. The molecule has 0 aromatic carbocycles. The van der Waals surface area contributed by atoms with E-state index in [0.717, 1.165) is 32.1 Å². The summed E-state index contributed by atoms with van der Waals surface area (Å²) >= 11 is 11.8. The Morgan fingerprint density at radius 2 is 2.00 bits per heavy atom. The van der Waals surface area contributed by atoms with E-state index in [1.807, 2.05) is 6.92 Å². The summed E-state index contributed by atoms with van der Waals surface area (Å²) in [6, 6.07) is 1.66. The molecule has 6 nitrogen and oxygen atoms in total. The third-order valence-electron chi connectivity index (χ3n) is 2.70. The Morgan fingerprint density at radius 1 is 1.26 bits per heavy atom. The van der Waals surface area contributed by atoms with Gasteiger partial charge in [0.1, 0.15) is 5.82 Å². The molecule has 0 amide bonds. The predicted molar refractivity (Wildman–Crippen MR) is 109 cm³/mol. The standard InChI is InChI=1S/C14H23Cl2N5O.HI/c1-3-22-8-4-5-19-14(17-2)20-7-6-18-13-12(16)9-11(15)10-21-13;/h9-10H,3-8H2,1-2H3,(H,18,21)(H2,17,19,20);1H. The van der Waals surface area contributed by atoms with Crippen LogP contribution in [-0.4, -0.2) is 50.8 Å². The van der Waals surface area contributed by atoms with Gasteiger partial charge in [0.05, 0.1) is 10.0 Å². The molecule has 0 saturated heterocycles. The predicted octanol–water partition coefficient (Wildman–Crippen LogP) is 3.01. The summed E-state index contributed by atoms with van der Waals surface area (Å²) in [5, 5.41) is 10.6. The molecular formula is C14H24Cl2IN5O. The summed E-state index contributed by atoms with van der Waals surface area (Å²) in [6.45, 7) is 5.66. The van der Waals surface area contributed by atoms with Gasteiger partial charge in [0, 0.05) is 46.1 Å². The number of halogens is 3. The van der Waals surface area contributed by atoms with Gasteiger partial charge in [-0.15, -0.1) is 24.0 Å². The van der Waals surface area contributed by atoms with E-state index in [4.69, 9.17) is 27.9 Å². The molecule has 0 aliphatic heterocycles. The van der Waals surface area contributed by atoms with Gasteiger partial charge in [-0.1, -0.05) is 23.2 Å². The van der Waals surface area contributed by atoms with Gasteiger partial charge in [-0.3, -0.25) is 4.99 Å². The summed E-state index contributed by atoms with van der Waals surface area (Å²) in [4.78, 5) is 8.28. The zero-order chi connectivity index (χ0) is 16.2. The topological polar surface area (TPSA) is 70.6 Å². The van der Waals surface area contributed by atoms with Crippen LogP contribution in [0.15, 0.2) is 17.3 Å². The first-order chi connectivity index (χ1) is 10.7. The van der Waals surface area contributed by atoms with E-state index >= 15 is 0 Å². The van der Waals surface area contributed by atoms with Crippen LogP contribution in [0.5, 0.6) is 0 Å². The molecule has 132 valence electrons. The SMILES string of the molecule is CCOCCCNC(=NC)NCCNc1ncc(Cl)cc1Cl.I. The third-order valence-corrected chi connectivity index (χ3v) is 3.20. The van der Waals surface area contributed by atoms with Gasteiger partial charge in [0.25, 0.3) is 0 Å². The zero-order valence-electron chi connectivity index (χ0n) is 13.4. The summed E-state index contributed by atoms with van der Waals surface area (Å²) < 4.78 is 5.28. The molecule has 1 heterocycles. The number of nitrogens with zero attached hydrogens (tertiary/aromatic N) is 2. The first-order valence-electron chi connectivity index (χ1n) is 7.24. The molecule has 0 aliphatic carbocycles. The lowest BCUT2D eigenvalue weighted by Crippen LogP contribution is -2.40. The Morgan fingerprint density at radius 3 is 2.65 bits per heavy atom. The van der Waals surface area contributed by atoms with Gasteiger partial charge in [-0.05, 0) is 19.4 Å². The number of guanidine groups is 1. The quantitative estimate of drug-likeness (QED) is 0.221. The molecule has 3 N–H and O–H groups in total. The maximum atomic E-state index is 6.03. The minimum absolute atomic E-state index is 0. The molecule has 0 unspecified atom stereocenters.